The molecule has 3 heterocycles. The lowest BCUT2D eigenvalue weighted by molar-refractivity contribution is 0.0944. The zero-order valence-corrected chi connectivity index (χ0v) is 15.6. The Morgan fingerprint density at radius 1 is 1.04 bits per heavy atom. The molecule has 0 fully saturated rings. The second kappa shape index (κ2) is 7.39. The van der Waals surface area contributed by atoms with Crippen LogP contribution in [0.1, 0.15) is 16.1 Å². The zero-order chi connectivity index (χ0) is 18.8. The number of carbonyl (C=O) groups is 1. The van der Waals surface area contributed by atoms with Crippen molar-refractivity contribution < 1.29 is 4.79 Å². The minimum absolute atomic E-state index is 0.270. The van der Waals surface area contributed by atoms with Gasteiger partial charge in [-0.3, -0.25) is 9.78 Å². The number of rotatable bonds is 4. The van der Waals surface area contributed by atoms with Gasteiger partial charge in [-0.1, -0.05) is 29.3 Å². The van der Waals surface area contributed by atoms with Gasteiger partial charge in [0.05, 0.1) is 5.52 Å². The van der Waals surface area contributed by atoms with Gasteiger partial charge in [0.25, 0.3) is 5.91 Å². The number of benzene rings is 1. The molecule has 7 heteroatoms. The minimum Gasteiger partial charge on any atom is -0.347 e. The Bertz CT molecular complexity index is 1130. The van der Waals surface area contributed by atoms with Crippen molar-refractivity contribution in [3.8, 4) is 11.1 Å². The molecule has 0 unspecified atom stereocenters. The number of pyridine rings is 1. The van der Waals surface area contributed by atoms with Crippen molar-refractivity contribution in [3.05, 3.63) is 88.4 Å². The van der Waals surface area contributed by atoms with E-state index in [0.29, 0.717) is 22.3 Å². The predicted octanol–water partition coefficient (Wildman–Crippen LogP) is 4.63. The maximum absolute atomic E-state index is 12.6. The maximum Gasteiger partial charge on any atom is 0.272 e. The summed E-state index contributed by atoms with van der Waals surface area (Å²) >= 11 is 12.4. The highest BCUT2D eigenvalue weighted by Crippen LogP contribution is 2.33. The number of halogens is 2. The highest BCUT2D eigenvalue weighted by molar-refractivity contribution is 6.36. The Balaban J connectivity index is 1.71. The fourth-order valence-corrected chi connectivity index (χ4v) is 3.35. The van der Waals surface area contributed by atoms with Crippen molar-refractivity contribution in [2.75, 3.05) is 0 Å². The Hall–Kier alpha value is -2.89. The van der Waals surface area contributed by atoms with Gasteiger partial charge < -0.3 is 5.32 Å². The summed E-state index contributed by atoms with van der Waals surface area (Å²) in [6, 6.07) is 14.5. The van der Waals surface area contributed by atoms with Crippen LogP contribution in [0.2, 0.25) is 10.0 Å². The maximum atomic E-state index is 12.6. The standard InChI is InChI=1S/C20H14Cl2N4O/c21-14-3-4-15(17(22)10-14)16-11-18(25-26-9-1-2-19(16)26)20(27)24-12-13-5-7-23-8-6-13/h1-11H,12H2,(H,24,27). The molecule has 0 aliphatic heterocycles. The van der Waals surface area contributed by atoms with Crippen molar-refractivity contribution in [3.63, 3.8) is 0 Å². The first kappa shape index (κ1) is 17.5. The quantitative estimate of drug-likeness (QED) is 0.546. The van der Waals surface area contributed by atoms with Crippen molar-refractivity contribution in [1.82, 2.24) is 19.9 Å². The highest BCUT2D eigenvalue weighted by atomic mass is 35.5. The van der Waals surface area contributed by atoms with E-state index in [1.54, 1.807) is 41.3 Å². The molecular weight excluding hydrogens is 383 g/mol. The Labute approximate surface area is 165 Å². The molecule has 0 aliphatic carbocycles. The molecule has 0 saturated carbocycles. The fraction of sp³-hybridized carbons (Fsp3) is 0.0500. The van der Waals surface area contributed by atoms with Gasteiger partial charge in [0, 0.05) is 46.3 Å². The van der Waals surface area contributed by atoms with Crippen molar-refractivity contribution in [2.45, 2.75) is 6.54 Å². The summed E-state index contributed by atoms with van der Waals surface area (Å²) in [7, 11) is 0. The molecule has 0 saturated heterocycles. The lowest BCUT2D eigenvalue weighted by Crippen LogP contribution is -2.24. The number of nitrogens with one attached hydrogen (secondary N) is 1. The third-order valence-electron chi connectivity index (χ3n) is 4.16. The summed E-state index contributed by atoms with van der Waals surface area (Å²) < 4.78 is 1.67. The minimum atomic E-state index is -0.270. The van der Waals surface area contributed by atoms with Crippen LogP contribution in [0.5, 0.6) is 0 Å². The first-order chi connectivity index (χ1) is 13.1. The Kier molecular flexibility index (Phi) is 4.79. The predicted molar refractivity (Wildman–Crippen MR) is 106 cm³/mol. The van der Waals surface area contributed by atoms with Crippen LogP contribution in [0, 0.1) is 0 Å². The third kappa shape index (κ3) is 3.65. The number of amides is 1. The second-order valence-electron chi connectivity index (χ2n) is 5.94. The average molecular weight is 397 g/mol. The molecule has 0 spiro atoms. The van der Waals surface area contributed by atoms with Gasteiger partial charge in [-0.05, 0) is 48.0 Å². The van der Waals surface area contributed by atoms with Crippen LogP contribution in [-0.2, 0) is 6.54 Å². The molecule has 1 amide bonds. The molecule has 134 valence electrons. The van der Waals surface area contributed by atoms with E-state index >= 15 is 0 Å². The van der Waals surface area contributed by atoms with Crippen LogP contribution in [0.3, 0.4) is 0 Å². The fourth-order valence-electron chi connectivity index (χ4n) is 2.84. The summed E-state index contributed by atoms with van der Waals surface area (Å²) in [4.78, 5) is 16.6. The molecule has 5 nitrogen and oxygen atoms in total. The summed E-state index contributed by atoms with van der Waals surface area (Å²) in [5.74, 6) is -0.270. The molecule has 0 aliphatic rings. The normalized spacial score (nSPS) is 10.9. The van der Waals surface area contributed by atoms with Crippen molar-refractivity contribution >= 4 is 34.6 Å². The zero-order valence-electron chi connectivity index (χ0n) is 14.1. The van der Waals surface area contributed by atoms with Gasteiger partial charge in [0.15, 0.2) is 0 Å². The highest BCUT2D eigenvalue weighted by Gasteiger charge is 2.15. The van der Waals surface area contributed by atoms with Crippen molar-refractivity contribution in [1.29, 1.82) is 0 Å². The Morgan fingerprint density at radius 3 is 2.63 bits per heavy atom. The van der Waals surface area contributed by atoms with Gasteiger partial charge in [-0.15, -0.1) is 0 Å². The summed E-state index contributed by atoms with van der Waals surface area (Å²) in [6.07, 6.45) is 5.17. The number of nitrogens with zero attached hydrogens (tertiary/aromatic N) is 3. The van der Waals surface area contributed by atoms with Crippen LogP contribution < -0.4 is 5.32 Å². The molecule has 4 aromatic rings. The lowest BCUT2D eigenvalue weighted by Gasteiger charge is -2.11. The van der Waals surface area contributed by atoms with Gasteiger partial charge in [0.2, 0.25) is 0 Å². The van der Waals surface area contributed by atoms with E-state index in [-0.39, 0.29) is 5.91 Å². The lowest BCUT2D eigenvalue weighted by atomic mass is 10.0. The van der Waals surface area contributed by atoms with Crippen LogP contribution >= 0.6 is 23.2 Å². The van der Waals surface area contributed by atoms with Crippen LogP contribution in [0.25, 0.3) is 16.6 Å². The topological polar surface area (TPSA) is 59.3 Å². The van der Waals surface area contributed by atoms with Gasteiger partial charge in [0.1, 0.15) is 5.69 Å². The largest absolute Gasteiger partial charge is 0.347 e. The molecule has 3 aromatic heterocycles. The van der Waals surface area contributed by atoms with E-state index in [1.807, 2.05) is 30.3 Å². The summed E-state index contributed by atoms with van der Waals surface area (Å²) in [5, 5.41) is 8.35. The molecule has 4 rings (SSSR count). The van der Waals surface area contributed by atoms with Crippen LogP contribution in [-0.4, -0.2) is 20.5 Å². The number of hydrogen-bond donors (Lipinski definition) is 1. The number of fused-ring (bicyclic) bond motifs is 1. The Morgan fingerprint density at radius 2 is 1.85 bits per heavy atom. The van der Waals surface area contributed by atoms with Gasteiger partial charge >= 0.3 is 0 Å². The van der Waals surface area contributed by atoms with E-state index in [1.165, 1.54) is 0 Å². The number of hydrogen-bond acceptors (Lipinski definition) is 3. The van der Waals surface area contributed by atoms with Gasteiger partial charge in [-0.2, -0.15) is 5.10 Å². The summed E-state index contributed by atoms with van der Waals surface area (Å²) in [5.41, 5.74) is 3.71. The number of aromatic nitrogens is 3. The summed E-state index contributed by atoms with van der Waals surface area (Å²) in [6.45, 7) is 0.393. The molecule has 27 heavy (non-hydrogen) atoms. The molecule has 0 atom stereocenters. The second-order valence-corrected chi connectivity index (χ2v) is 6.79. The molecular formula is C20H14Cl2N4O. The van der Waals surface area contributed by atoms with Crippen LogP contribution in [0.15, 0.2) is 67.1 Å². The van der Waals surface area contributed by atoms with Crippen LogP contribution in [0.4, 0.5) is 0 Å². The monoisotopic (exact) mass is 396 g/mol. The SMILES string of the molecule is O=C(NCc1ccncc1)c1cc(-c2ccc(Cl)cc2Cl)c2cccn2n1. The van der Waals surface area contributed by atoms with Crippen molar-refractivity contribution in [2.24, 2.45) is 0 Å². The van der Waals surface area contributed by atoms with E-state index in [9.17, 15) is 4.79 Å². The number of carbonyl (C=O) groups excluding carboxylic acids is 1. The van der Waals surface area contributed by atoms with Gasteiger partial charge in [-0.25, -0.2) is 4.52 Å². The third-order valence-corrected chi connectivity index (χ3v) is 4.70. The molecule has 0 radical (unpaired) electrons. The molecule has 1 aromatic carbocycles. The van der Waals surface area contributed by atoms with E-state index < -0.39 is 0 Å². The first-order valence-corrected chi connectivity index (χ1v) is 8.98. The van der Waals surface area contributed by atoms with E-state index in [0.717, 1.165) is 22.2 Å². The smallest absolute Gasteiger partial charge is 0.272 e. The molecule has 1 N–H and O–H groups in total. The first-order valence-electron chi connectivity index (χ1n) is 8.23. The molecule has 0 bridgehead atoms. The van der Waals surface area contributed by atoms with E-state index in [2.05, 4.69) is 15.4 Å². The van der Waals surface area contributed by atoms with E-state index in [4.69, 9.17) is 23.2 Å². The average Bonchev–Trinajstić information content (AvgIpc) is 3.15.